The highest BCUT2D eigenvalue weighted by molar-refractivity contribution is 8.00. The van der Waals surface area contributed by atoms with Gasteiger partial charge in [0, 0.05) is 10.9 Å². The molecule has 2 aromatic rings. The number of thioether (sulfide) groups is 1. The van der Waals surface area contributed by atoms with Crippen LogP contribution in [0.5, 0.6) is 5.75 Å². The van der Waals surface area contributed by atoms with Gasteiger partial charge in [-0.2, -0.15) is 0 Å². The van der Waals surface area contributed by atoms with E-state index in [9.17, 15) is 22.0 Å². The van der Waals surface area contributed by atoms with Crippen molar-refractivity contribution >= 4 is 33.4 Å². The van der Waals surface area contributed by atoms with Gasteiger partial charge in [-0.25, -0.2) is 21.9 Å². The molecule has 1 fully saturated rings. The lowest BCUT2D eigenvalue weighted by Crippen LogP contribution is -2.26. The van der Waals surface area contributed by atoms with E-state index in [0.717, 1.165) is 36.7 Å². The first-order valence-corrected chi connectivity index (χ1v) is 10.8. The highest BCUT2D eigenvalue weighted by Crippen LogP contribution is 2.29. The molecule has 0 bridgehead atoms. The van der Waals surface area contributed by atoms with Crippen LogP contribution in [-0.2, 0) is 14.8 Å². The smallest absolute Gasteiger partial charge is 0.240 e. The molecule has 1 saturated carbocycles. The fraction of sp³-hybridized carbons (Fsp3) is 0.278. The summed E-state index contributed by atoms with van der Waals surface area (Å²) in [7, 11) is -2.28. The van der Waals surface area contributed by atoms with Crippen LogP contribution >= 0.6 is 11.8 Å². The van der Waals surface area contributed by atoms with E-state index in [0.29, 0.717) is 10.6 Å². The molecule has 150 valence electrons. The minimum Gasteiger partial charge on any atom is -0.495 e. The number of nitrogens with one attached hydrogen (secondary N) is 2. The minimum absolute atomic E-state index is 0.0174. The van der Waals surface area contributed by atoms with Gasteiger partial charge in [-0.1, -0.05) is 0 Å². The molecule has 0 aliphatic heterocycles. The van der Waals surface area contributed by atoms with Crippen LogP contribution in [0.15, 0.2) is 46.2 Å². The first kappa shape index (κ1) is 20.6. The molecule has 0 atom stereocenters. The molecule has 1 aliphatic rings. The quantitative estimate of drug-likeness (QED) is 0.631. The lowest BCUT2D eigenvalue weighted by Gasteiger charge is -2.13. The van der Waals surface area contributed by atoms with Crippen molar-refractivity contribution in [3.05, 3.63) is 48.0 Å². The topological polar surface area (TPSA) is 84.5 Å². The molecule has 2 N–H and O–H groups in total. The number of rotatable bonds is 8. The third-order valence-corrected chi connectivity index (χ3v) is 6.43. The van der Waals surface area contributed by atoms with Crippen LogP contribution in [-0.4, -0.2) is 33.2 Å². The van der Waals surface area contributed by atoms with Gasteiger partial charge in [0.2, 0.25) is 15.9 Å². The fourth-order valence-corrected chi connectivity index (χ4v) is 4.39. The Hall–Kier alpha value is -2.17. The van der Waals surface area contributed by atoms with Crippen LogP contribution in [0.4, 0.5) is 14.5 Å². The molecular formula is C18H18F2N2O4S2. The Labute approximate surface area is 165 Å². The Morgan fingerprint density at radius 1 is 1.18 bits per heavy atom. The predicted octanol–water partition coefficient (Wildman–Crippen LogP) is 3.14. The van der Waals surface area contributed by atoms with E-state index in [1.165, 1.54) is 31.4 Å². The third-order valence-electron chi connectivity index (χ3n) is 3.92. The first-order chi connectivity index (χ1) is 13.3. The van der Waals surface area contributed by atoms with Gasteiger partial charge in [0.25, 0.3) is 0 Å². The van der Waals surface area contributed by atoms with Gasteiger partial charge in [0.05, 0.1) is 23.4 Å². The number of hydrogen-bond donors (Lipinski definition) is 2. The summed E-state index contributed by atoms with van der Waals surface area (Å²) >= 11 is 1.02. The van der Waals surface area contributed by atoms with Crippen LogP contribution in [0.1, 0.15) is 12.8 Å². The number of carbonyl (C=O) groups excluding carboxylic acids is 1. The molecule has 1 aliphatic carbocycles. The molecule has 3 rings (SSSR count). The predicted molar refractivity (Wildman–Crippen MR) is 102 cm³/mol. The van der Waals surface area contributed by atoms with E-state index in [1.54, 1.807) is 0 Å². The lowest BCUT2D eigenvalue weighted by molar-refractivity contribution is -0.113. The van der Waals surface area contributed by atoms with Crippen LogP contribution in [0, 0.1) is 11.6 Å². The van der Waals surface area contributed by atoms with Crippen molar-refractivity contribution in [2.75, 3.05) is 18.2 Å². The van der Waals surface area contributed by atoms with Crippen molar-refractivity contribution < 1.29 is 26.7 Å². The number of hydrogen-bond acceptors (Lipinski definition) is 5. The number of halogens is 2. The highest BCUT2D eigenvalue weighted by atomic mass is 32.2. The van der Waals surface area contributed by atoms with Crippen molar-refractivity contribution in [3.63, 3.8) is 0 Å². The largest absolute Gasteiger partial charge is 0.495 e. The van der Waals surface area contributed by atoms with E-state index in [-0.39, 0.29) is 22.4 Å². The van der Waals surface area contributed by atoms with Crippen molar-refractivity contribution in [1.82, 2.24) is 4.72 Å². The van der Waals surface area contributed by atoms with Gasteiger partial charge >= 0.3 is 0 Å². The Morgan fingerprint density at radius 3 is 2.57 bits per heavy atom. The zero-order valence-corrected chi connectivity index (χ0v) is 16.5. The second kappa shape index (κ2) is 8.46. The van der Waals surface area contributed by atoms with Gasteiger partial charge < -0.3 is 10.1 Å². The summed E-state index contributed by atoms with van der Waals surface area (Å²) in [5, 5.41) is 2.59. The average Bonchev–Trinajstić information content (AvgIpc) is 3.46. The maximum Gasteiger partial charge on any atom is 0.240 e. The first-order valence-electron chi connectivity index (χ1n) is 8.36. The van der Waals surface area contributed by atoms with Crippen LogP contribution < -0.4 is 14.8 Å². The normalized spacial score (nSPS) is 14.0. The number of sulfonamides is 1. The summed E-state index contributed by atoms with van der Waals surface area (Å²) in [6.45, 7) is 0. The lowest BCUT2D eigenvalue weighted by atomic mass is 10.3. The molecule has 0 aromatic heterocycles. The molecule has 0 radical (unpaired) electrons. The Kier molecular flexibility index (Phi) is 6.21. The maximum atomic E-state index is 13.2. The molecule has 0 heterocycles. The molecule has 1 amide bonds. The van der Waals surface area contributed by atoms with Crippen molar-refractivity contribution in [2.45, 2.75) is 28.7 Å². The molecule has 0 spiro atoms. The Bertz CT molecular complexity index is 995. The summed E-state index contributed by atoms with van der Waals surface area (Å²) < 4.78 is 58.6. The van der Waals surface area contributed by atoms with E-state index in [1.807, 2.05) is 0 Å². The van der Waals surface area contributed by atoms with E-state index >= 15 is 0 Å². The fourth-order valence-electron chi connectivity index (χ4n) is 2.34. The highest BCUT2D eigenvalue weighted by Gasteiger charge is 2.28. The summed E-state index contributed by atoms with van der Waals surface area (Å²) in [5.41, 5.74) is 0.206. The number of methoxy groups -OCH3 is 1. The molecule has 6 nitrogen and oxygen atoms in total. The Morgan fingerprint density at radius 2 is 1.93 bits per heavy atom. The summed E-state index contributed by atoms with van der Waals surface area (Å²) in [4.78, 5) is 12.6. The van der Waals surface area contributed by atoms with E-state index < -0.39 is 27.6 Å². The number of carbonyl (C=O) groups is 1. The van der Waals surface area contributed by atoms with Crippen molar-refractivity contribution in [2.24, 2.45) is 0 Å². The number of amides is 1. The van der Waals surface area contributed by atoms with Gasteiger partial charge in [0.1, 0.15) is 5.75 Å². The second-order valence-electron chi connectivity index (χ2n) is 6.17. The van der Waals surface area contributed by atoms with Gasteiger partial charge in [-0.15, -0.1) is 11.8 Å². The number of benzene rings is 2. The third kappa shape index (κ3) is 5.21. The van der Waals surface area contributed by atoms with Gasteiger partial charge in [-0.3, -0.25) is 4.79 Å². The monoisotopic (exact) mass is 428 g/mol. The van der Waals surface area contributed by atoms with E-state index in [4.69, 9.17) is 4.74 Å². The summed E-state index contributed by atoms with van der Waals surface area (Å²) in [6.07, 6.45) is 1.61. The Balaban J connectivity index is 1.69. The zero-order chi connectivity index (χ0) is 20.3. The van der Waals surface area contributed by atoms with Crippen molar-refractivity contribution in [3.8, 4) is 5.75 Å². The molecule has 0 saturated heterocycles. The minimum atomic E-state index is -3.68. The SMILES string of the molecule is COc1ccc(S(=O)(=O)NC2CC2)cc1NC(=O)CSc1ccc(F)c(F)c1. The maximum absolute atomic E-state index is 13.2. The second-order valence-corrected chi connectivity index (χ2v) is 8.93. The summed E-state index contributed by atoms with van der Waals surface area (Å²) in [5.74, 6) is -2.18. The molecule has 0 unspecified atom stereocenters. The molecular weight excluding hydrogens is 410 g/mol. The van der Waals surface area contributed by atoms with Crippen LogP contribution in [0.25, 0.3) is 0 Å². The molecule has 28 heavy (non-hydrogen) atoms. The van der Waals surface area contributed by atoms with Crippen LogP contribution in [0.2, 0.25) is 0 Å². The molecule has 2 aromatic carbocycles. The average molecular weight is 428 g/mol. The number of ether oxygens (including phenoxy) is 1. The molecule has 10 heteroatoms. The van der Waals surface area contributed by atoms with Crippen molar-refractivity contribution in [1.29, 1.82) is 0 Å². The van der Waals surface area contributed by atoms with Gasteiger partial charge in [-0.05, 0) is 49.2 Å². The van der Waals surface area contributed by atoms with Crippen LogP contribution in [0.3, 0.4) is 0 Å². The number of anilines is 1. The van der Waals surface area contributed by atoms with E-state index in [2.05, 4.69) is 10.0 Å². The zero-order valence-electron chi connectivity index (χ0n) is 14.9. The standard InChI is InChI=1S/C18H18F2N2O4S2/c1-26-17-7-5-13(28(24,25)22-11-2-3-11)9-16(17)21-18(23)10-27-12-4-6-14(19)15(20)8-12/h4-9,11,22H,2-3,10H2,1H3,(H,21,23). The summed E-state index contributed by atoms with van der Waals surface area (Å²) in [6, 6.07) is 7.49. The van der Waals surface area contributed by atoms with Gasteiger partial charge in [0.15, 0.2) is 11.6 Å².